The highest BCUT2D eigenvalue weighted by Gasteiger charge is 2.36. The third-order valence-electron chi connectivity index (χ3n) is 5.15. The lowest BCUT2D eigenvalue weighted by molar-refractivity contribution is -0.120. The Balaban J connectivity index is 1.80. The smallest absolute Gasteiger partial charge is 0.127 e. The molecule has 1 saturated heterocycles. The number of hydrogen-bond acceptors (Lipinski definition) is 3. The van der Waals surface area contributed by atoms with Crippen molar-refractivity contribution in [1.82, 2.24) is 9.80 Å². The molecule has 116 valence electrons. The zero-order chi connectivity index (χ0) is 14.6. The van der Waals surface area contributed by atoms with Crippen LogP contribution >= 0.6 is 0 Å². The van der Waals surface area contributed by atoms with Gasteiger partial charge in [-0.05, 0) is 37.5 Å². The van der Waals surface area contributed by atoms with Crippen molar-refractivity contribution in [2.45, 2.75) is 46.5 Å². The fourth-order valence-electron chi connectivity index (χ4n) is 3.74. The van der Waals surface area contributed by atoms with Crippen molar-refractivity contribution < 1.29 is 4.79 Å². The van der Waals surface area contributed by atoms with Gasteiger partial charge < -0.3 is 9.69 Å². The Kier molecular flexibility index (Phi) is 5.62. The molecule has 1 saturated carbocycles. The lowest BCUT2D eigenvalue weighted by atomic mass is 9.71. The van der Waals surface area contributed by atoms with Gasteiger partial charge in [0.1, 0.15) is 6.29 Å². The molecule has 0 N–H and O–H groups in total. The number of rotatable bonds is 5. The van der Waals surface area contributed by atoms with Crippen molar-refractivity contribution in [2.75, 3.05) is 39.3 Å². The summed E-state index contributed by atoms with van der Waals surface area (Å²) in [5, 5.41) is 0. The summed E-state index contributed by atoms with van der Waals surface area (Å²) in [6.45, 7) is 13.7. The number of carbonyl (C=O) groups excluding carboxylic acids is 1. The average molecular weight is 280 g/mol. The first-order chi connectivity index (χ1) is 9.53. The Labute approximate surface area is 124 Å². The molecule has 2 fully saturated rings. The summed E-state index contributed by atoms with van der Waals surface area (Å²) in [6, 6.07) is 0. The van der Waals surface area contributed by atoms with E-state index in [1.165, 1.54) is 38.8 Å². The highest BCUT2D eigenvalue weighted by atomic mass is 16.1. The van der Waals surface area contributed by atoms with Crippen LogP contribution in [0.25, 0.3) is 0 Å². The molecule has 1 aliphatic heterocycles. The summed E-state index contributed by atoms with van der Waals surface area (Å²) in [7, 11) is 0. The lowest BCUT2D eigenvalue weighted by Crippen LogP contribution is -2.51. The largest absolute Gasteiger partial charge is 0.303 e. The van der Waals surface area contributed by atoms with Crippen LogP contribution in [0, 0.1) is 17.3 Å². The Morgan fingerprint density at radius 1 is 1.10 bits per heavy atom. The molecule has 0 unspecified atom stereocenters. The number of carbonyl (C=O) groups is 1. The van der Waals surface area contributed by atoms with Gasteiger partial charge in [-0.25, -0.2) is 0 Å². The zero-order valence-corrected chi connectivity index (χ0v) is 13.6. The van der Waals surface area contributed by atoms with Crippen molar-refractivity contribution in [2.24, 2.45) is 17.3 Å². The Morgan fingerprint density at radius 3 is 2.15 bits per heavy atom. The minimum absolute atomic E-state index is 0.0350. The van der Waals surface area contributed by atoms with Crippen molar-refractivity contribution in [3.8, 4) is 0 Å². The molecule has 0 radical (unpaired) electrons. The molecule has 20 heavy (non-hydrogen) atoms. The molecular weight excluding hydrogens is 248 g/mol. The SMILES string of the molecule is CC(C)CN1CCN(CC2(C=O)CCC(C)CC2)CC1. The van der Waals surface area contributed by atoms with Gasteiger partial charge in [-0.1, -0.05) is 20.8 Å². The Hall–Kier alpha value is -0.410. The van der Waals surface area contributed by atoms with Gasteiger partial charge in [0.15, 0.2) is 0 Å². The van der Waals surface area contributed by atoms with Gasteiger partial charge in [-0.3, -0.25) is 4.90 Å². The van der Waals surface area contributed by atoms with E-state index in [1.54, 1.807) is 0 Å². The molecular formula is C17H32N2O. The number of hydrogen-bond donors (Lipinski definition) is 0. The lowest BCUT2D eigenvalue weighted by Gasteiger charge is -2.42. The molecule has 2 rings (SSSR count). The van der Waals surface area contributed by atoms with Crippen molar-refractivity contribution in [3.05, 3.63) is 0 Å². The van der Waals surface area contributed by atoms with E-state index in [9.17, 15) is 4.79 Å². The van der Waals surface area contributed by atoms with Crippen molar-refractivity contribution in [3.63, 3.8) is 0 Å². The minimum atomic E-state index is -0.0350. The van der Waals surface area contributed by atoms with Gasteiger partial charge in [0.05, 0.1) is 0 Å². The summed E-state index contributed by atoms with van der Waals surface area (Å²) in [5.74, 6) is 1.56. The fourth-order valence-corrected chi connectivity index (χ4v) is 3.74. The minimum Gasteiger partial charge on any atom is -0.303 e. The first-order valence-electron chi connectivity index (χ1n) is 8.44. The third-order valence-corrected chi connectivity index (χ3v) is 5.15. The highest BCUT2D eigenvalue weighted by Crippen LogP contribution is 2.38. The maximum absolute atomic E-state index is 11.6. The van der Waals surface area contributed by atoms with Crippen LogP contribution in [0.15, 0.2) is 0 Å². The van der Waals surface area contributed by atoms with Gasteiger partial charge in [0.25, 0.3) is 0 Å². The highest BCUT2D eigenvalue weighted by molar-refractivity contribution is 5.60. The molecule has 1 heterocycles. The first-order valence-corrected chi connectivity index (χ1v) is 8.44. The maximum atomic E-state index is 11.6. The number of piperazine rings is 1. The molecule has 0 spiro atoms. The summed E-state index contributed by atoms with van der Waals surface area (Å²) in [6.07, 6.45) is 5.94. The van der Waals surface area contributed by atoms with Gasteiger partial charge in [0.2, 0.25) is 0 Å². The first kappa shape index (κ1) is 16.0. The number of aldehydes is 1. The predicted molar refractivity (Wildman–Crippen MR) is 83.8 cm³/mol. The molecule has 3 nitrogen and oxygen atoms in total. The maximum Gasteiger partial charge on any atom is 0.127 e. The average Bonchev–Trinajstić information content (AvgIpc) is 2.43. The van der Waals surface area contributed by atoms with Crippen LogP contribution in [-0.2, 0) is 4.79 Å². The van der Waals surface area contributed by atoms with E-state index < -0.39 is 0 Å². The molecule has 0 amide bonds. The van der Waals surface area contributed by atoms with Gasteiger partial charge in [-0.2, -0.15) is 0 Å². The second-order valence-electron chi connectivity index (χ2n) is 7.63. The van der Waals surface area contributed by atoms with Crippen LogP contribution < -0.4 is 0 Å². The summed E-state index contributed by atoms with van der Waals surface area (Å²) in [5.41, 5.74) is -0.0350. The molecule has 0 atom stereocenters. The van der Waals surface area contributed by atoms with E-state index in [4.69, 9.17) is 0 Å². The van der Waals surface area contributed by atoms with Crippen LogP contribution in [0.5, 0.6) is 0 Å². The monoisotopic (exact) mass is 280 g/mol. The van der Waals surface area contributed by atoms with Crippen LogP contribution in [-0.4, -0.2) is 55.4 Å². The Bertz CT molecular complexity index is 300. The third kappa shape index (κ3) is 4.29. The molecule has 2 aliphatic rings. The Morgan fingerprint density at radius 2 is 1.65 bits per heavy atom. The summed E-state index contributed by atoms with van der Waals surface area (Å²) in [4.78, 5) is 16.7. The molecule has 0 aromatic heterocycles. The summed E-state index contributed by atoms with van der Waals surface area (Å²) < 4.78 is 0. The van der Waals surface area contributed by atoms with Crippen molar-refractivity contribution >= 4 is 6.29 Å². The fraction of sp³-hybridized carbons (Fsp3) is 0.941. The van der Waals surface area contributed by atoms with E-state index in [0.717, 1.165) is 44.3 Å². The second-order valence-corrected chi connectivity index (χ2v) is 7.63. The predicted octanol–water partition coefficient (Wildman–Crippen LogP) is 2.66. The standard InChI is InChI=1S/C17H32N2O/c1-15(2)12-18-8-10-19(11-9-18)13-17(14-20)6-4-16(3)5-7-17/h14-16H,4-13H2,1-3H3. The molecule has 0 aromatic carbocycles. The topological polar surface area (TPSA) is 23.6 Å². The van der Waals surface area contributed by atoms with Crippen LogP contribution in [0.4, 0.5) is 0 Å². The van der Waals surface area contributed by atoms with Crippen LogP contribution in [0.2, 0.25) is 0 Å². The van der Waals surface area contributed by atoms with E-state index >= 15 is 0 Å². The molecule has 0 aromatic rings. The van der Waals surface area contributed by atoms with Crippen molar-refractivity contribution in [1.29, 1.82) is 0 Å². The molecule has 1 aliphatic carbocycles. The number of nitrogens with zero attached hydrogens (tertiary/aromatic N) is 2. The van der Waals surface area contributed by atoms with Gasteiger partial charge in [-0.15, -0.1) is 0 Å². The normalized spacial score (nSPS) is 33.5. The van der Waals surface area contributed by atoms with Crippen LogP contribution in [0.1, 0.15) is 46.5 Å². The second kappa shape index (κ2) is 7.04. The van der Waals surface area contributed by atoms with Gasteiger partial charge in [0, 0.05) is 44.7 Å². The molecule has 0 bridgehead atoms. The van der Waals surface area contributed by atoms with Gasteiger partial charge >= 0.3 is 0 Å². The van der Waals surface area contributed by atoms with E-state index in [-0.39, 0.29) is 5.41 Å². The van der Waals surface area contributed by atoms with E-state index in [0.29, 0.717) is 0 Å². The quantitative estimate of drug-likeness (QED) is 0.723. The summed E-state index contributed by atoms with van der Waals surface area (Å²) >= 11 is 0. The zero-order valence-electron chi connectivity index (χ0n) is 13.6. The van der Waals surface area contributed by atoms with E-state index in [2.05, 4.69) is 30.6 Å². The van der Waals surface area contributed by atoms with Crippen LogP contribution in [0.3, 0.4) is 0 Å². The van der Waals surface area contributed by atoms with E-state index in [1.807, 2.05) is 0 Å². The molecule has 3 heteroatoms.